The van der Waals surface area contributed by atoms with Crippen molar-refractivity contribution in [3.8, 4) is 0 Å². The van der Waals surface area contributed by atoms with Gasteiger partial charge in [0.25, 0.3) is 5.91 Å². The second-order valence-electron chi connectivity index (χ2n) is 6.30. The predicted molar refractivity (Wildman–Crippen MR) is 105 cm³/mol. The lowest BCUT2D eigenvalue weighted by atomic mass is 10.1. The number of aromatic nitrogens is 3. The molecule has 156 valence electrons. The van der Waals surface area contributed by atoms with Crippen molar-refractivity contribution in [1.82, 2.24) is 20.3 Å². The molecule has 0 radical (unpaired) electrons. The highest BCUT2D eigenvalue weighted by molar-refractivity contribution is 6.04. The van der Waals surface area contributed by atoms with E-state index in [1.54, 1.807) is 10.9 Å². The number of amides is 1. The molecule has 11 heteroatoms. The van der Waals surface area contributed by atoms with E-state index in [9.17, 15) is 14.4 Å². The van der Waals surface area contributed by atoms with Crippen LogP contribution in [0.5, 0.6) is 0 Å². The summed E-state index contributed by atoms with van der Waals surface area (Å²) in [4.78, 5) is 36.2. The maximum Gasteiger partial charge on any atom is 0.337 e. The quantitative estimate of drug-likeness (QED) is 0.692. The molecule has 1 saturated heterocycles. The summed E-state index contributed by atoms with van der Waals surface area (Å²) in [7, 11) is 2.45. The molecule has 0 bridgehead atoms. The number of piperidine rings is 1. The maximum atomic E-state index is 12.5. The second-order valence-corrected chi connectivity index (χ2v) is 6.30. The summed E-state index contributed by atoms with van der Waals surface area (Å²) >= 11 is 0. The summed E-state index contributed by atoms with van der Waals surface area (Å²) < 4.78 is 11.1. The fraction of sp³-hybridized carbons (Fsp3) is 0.389. The SMILES string of the molecule is COC(=O)c1cc(NC(=O)c2cn(C3CCNCC3)nn2)cc(C(=O)OC)c1.Cl. The smallest absolute Gasteiger partial charge is 0.337 e. The van der Waals surface area contributed by atoms with Crippen molar-refractivity contribution in [2.45, 2.75) is 18.9 Å². The first-order chi connectivity index (χ1) is 13.5. The van der Waals surface area contributed by atoms with Crippen LogP contribution < -0.4 is 10.6 Å². The molecular weight excluding hydrogens is 402 g/mol. The minimum atomic E-state index is -0.641. The maximum absolute atomic E-state index is 12.5. The molecule has 1 fully saturated rings. The number of rotatable bonds is 5. The Balaban J connectivity index is 0.00000300. The normalized spacial score (nSPS) is 13.9. The van der Waals surface area contributed by atoms with Gasteiger partial charge in [-0.05, 0) is 44.1 Å². The van der Waals surface area contributed by atoms with Gasteiger partial charge in [0.2, 0.25) is 0 Å². The number of esters is 2. The van der Waals surface area contributed by atoms with Crippen LogP contribution in [0.3, 0.4) is 0 Å². The molecule has 0 saturated carbocycles. The fourth-order valence-electron chi connectivity index (χ4n) is 3.00. The van der Waals surface area contributed by atoms with Crippen molar-refractivity contribution in [1.29, 1.82) is 0 Å². The van der Waals surface area contributed by atoms with Gasteiger partial charge in [-0.1, -0.05) is 5.21 Å². The third-order valence-electron chi connectivity index (χ3n) is 4.46. The van der Waals surface area contributed by atoms with Crippen molar-refractivity contribution >= 4 is 35.9 Å². The molecule has 3 rings (SSSR count). The number of anilines is 1. The molecule has 0 unspecified atom stereocenters. The average molecular weight is 424 g/mol. The molecule has 1 aromatic carbocycles. The molecule has 0 spiro atoms. The van der Waals surface area contributed by atoms with Gasteiger partial charge in [-0.2, -0.15) is 0 Å². The Bertz CT molecular complexity index is 860. The van der Waals surface area contributed by atoms with E-state index in [0.29, 0.717) is 0 Å². The third-order valence-corrected chi connectivity index (χ3v) is 4.46. The van der Waals surface area contributed by atoms with Crippen LogP contribution in [0.2, 0.25) is 0 Å². The van der Waals surface area contributed by atoms with E-state index >= 15 is 0 Å². The van der Waals surface area contributed by atoms with Crippen molar-refractivity contribution in [2.24, 2.45) is 0 Å². The van der Waals surface area contributed by atoms with Crippen LogP contribution in [-0.4, -0.2) is 60.1 Å². The number of hydrogen-bond donors (Lipinski definition) is 2. The van der Waals surface area contributed by atoms with E-state index in [1.165, 1.54) is 32.4 Å². The summed E-state index contributed by atoms with van der Waals surface area (Å²) in [5, 5.41) is 13.9. The van der Waals surface area contributed by atoms with Gasteiger partial charge in [0.15, 0.2) is 5.69 Å². The number of carbonyl (C=O) groups excluding carboxylic acids is 3. The van der Waals surface area contributed by atoms with Crippen LogP contribution in [0.25, 0.3) is 0 Å². The van der Waals surface area contributed by atoms with Gasteiger partial charge in [0.1, 0.15) is 0 Å². The summed E-state index contributed by atoms with van der Waals surface area (Å²) in [6, 6.07) is 4.35. The zero-order chi connectivity index (χ0) is 20.1. The standard InChI is InChI=1S/C18H21N5O5.ClH/c1-27-17(25)11-7-12(18(26)28-2)9-13(8-11)20-16(24)15-10-23(22-21-15)14-3-5-19-6-4-14;/h7-10,14,19H,3-6H2,1-2H3,(H,20,24);1H. The Kier molecular flexibility index (Phi) is 7.68. The number of methoxy groups -OCH3 is 2. The van der Waals surface area contributed by atoms with E-state index in [-0.39, 0.29) is 41.0 Å². The van der Waals surface area contributed by atoms with Crippen LogP contribution in [0.4, 0.5) is 5.69 Å². The summed E-state index contributed by atoms with van der Waals surface area (Å²) in [6.07, 6.45) is 3.42. The summed E-state index contributed by atoms with van der Waals surface area (Å²) in [5.41, 5.74) is 0.601. The Morgan fingerprint density at radius 2 is 1.66 bits per heavy atom. The molecule has 1 aromatic heterocycles. The molecular formula is C18H22ClN5O5. The summed E-state index contributed by atoms with van der Waals surface area (Å²) in [5.74, 6) is -1.78. The minimum absolute atomic E-state index is 0. The number of carbonyl (C=O) groups is 3. The van der Waals surface area contributed by atoms with E-state index in [2.05, 4.69) is 30.4 Å². The number of benzene rings is 1. The number of nitrogens with one attached hydrogen (secondary N) is 2. The van der Waals surface area contributed by atoms with E-state index in [0.717, 1.165) is 25.9 Å². The van der Waals surface area contributed by atoms with Gasteiger partial charge in [-0.25, -0.2) is 14.3 Å². The molecule has 1 aliphatic rings. The summed E-state index contributed by atoms with van der Waals surface area (Å²) in [6.45, 7) is 1.78. The van der Waals surface area contributed by atoms with E-state index in [1.807, 2.05) is 0 Å². The highest BCUT2D eigenvalue weighted by Crippen LogP contribution is 2.19. The molecule has 10 nitrogen and oxygen atoms in total. The number of halogens is 1. The van der Waals surface area contributed by atoms with Gasteiger partial charge < -0.3 is 20.1 Å². The fourth-order valence-corrected chi connectivity index (χ4v) is 3.00. The van der Waals surface area contributed by atoms with Gasteiger partial charge in [-0.3, -0.25) is 4.79 Å². The van der Waals surface area contributed by atoms with E-state index < -0.39 is 17.8 Å². The molecule has 2 N–H and O–H groups in total. The molecule has 29 heavy (non-hydrogen) atoms. The predicted octanol–water partition coefficient (Wildman–Crippen LogP) is 1.45. The van der Waals surface area contributed by atoms with Crippen molar-refractivity contribution in [3.63, 3.8) is 0 Å². The molecule has 2 heterocycles. The van der Waals surface area contributed by atoms with Crippen LogP contribution in [0, 0.1) is 0 Å². The van der Waals surface area contributed by atoms with Crippen molar-refractivity contribution in [3.05, 3.63) is 41.2 Å². The molecule has 1 amide bonds. The highest BCUT2D eigenvalue weighted by Gasteiger charge is 2.20. The van der Waals surface area contributed by atoms with Gasteiger partial charge in [0.05, 0.1) is 37.6 Å². The van der Waals surface area contributed by atoms with Gasteiger partial charge in [0, 0.05) is 5.69 Å². The van der Waals surface area contributed by atoms with Crippen LogP contribution in [0.15, 0.2) is 24.4 Å². The second kappa shape index (κ2) is 9.99. The zero-order valence-corrected chi connectivity index (χ0v) is 16.8. The number of ether oxygens (including phenoxy) is 2. The van der Waals surface area contributed by atoms with Crippen LogP contribution >= 0.6 is 12.4 Å². The van der Waals surface area contributed by atoms with Crippen molar-refractivity contribution in [2.75, 3.05) is 32.6 Å². The first kappa shape index (κ1) is 22.3. The highest BCUT2D eigenvalue weighted by atomic mass is 35.5. The van der Waals surface area contributed by atoms with Crippen molar-refractivity contribution < 1.29 is 23.9 Å². The lowest BCUT2D eigenvalue weighted by Gasteiger charge is -2.22. The van der Waals surface area contributed by atoms with Crippen LogP contribution in [-0.2, 0) is 9.47 Å². The Morgan fingerprint density at radius 3 is 2.21 bits per heavy atom. The monoisotopic (exact) mass is 423 g/mol. The molecule has 1 aliphatic heterocycles. The Hall–Kier alpha value is -2.98. The number of hydrogen-bond acceptors (Lipinski definition) is 8. The Morgan fingerprint density at radius 1 is 1.07 bits per heavy atom. The number of nitrogens with zero attached hydrogens (tertiary/aromatic N) is 3. The zero-order valence-electron chi connectivity index (χ0n) is 16.0. The van der Waals surface area contributed by atoms with Gasteiger partial charge >= 0.3 is 11.9 Å². The first-order valence-electron chi connectivity index (χ1n) is 8.77. The molecule has 2 aromatic rings. The van der Waals surface area contributed by atoms with Crippen LogP contribution in [0.1, 0.15) is 50.1 Å². The lowest BCUT2D eigenvalue weighted by Crippen LogP contribution is -2.29. The minimum Gasteiger partial charge on any atom is -0.465 e. The Labute approximate surface area is 173 Å². The first-order valence-corrected chi connectivity index (χ1v) is 8.77. The third kappa shape index (κ3) is 5.30. The largest absolute Gasteiger partial charge is 0.465 e. The average Bonchev–Trinajstić information content (AvgIpc) is 3.23. The molecule has 0 aliphatic carbocycles. The topological polar surface area (TPSA) is 124 Å². The van der Waals surface area contributed by atoms with Gasteiger partial charge in [-0.15, -0.1) is 17.5 Å². The molecule has 0 atom stereocenters. The van der Waals surface area contributed by atoms with E-state index in [4.69, 9.17) is 0 Å². The lowest BCUT2D eigenvalue weighted by molar-refractivity contribution is 0.0599.